The molecule has 3 aliphatic heterocycles. The van der Waals surface area contributed by atoms with Crippen molar-refractivity contribution < 1.29 is 24.2 Å². The Bertz CT molecular complexity index is 718. The number of rotatable bonds is 3. The van der Waals surface area contributed by atoms with Crippen LogP contribution in [0.4, 0.5) is 0 Å². The molecule has 4 rings (SSSR count). The number of hydrogen-bond donors (Lipinski definition) is 1. The summed E-state index contributed by atoms with van der Waals surface area (Å²) in [4.78, 5) is 27.3. The summed E-state index contributed by atoms with van der Waals surface area (Å²) in [5.41, 5.74) is 1.13. The highest BCUT2D eigenvalue weighted by Crippen LogP contribution is 2.44. The lowest BCUT2D eigenvalue weighted by Crippen LogP contribution is -2.42. The largest absolute Gasteiger partial charge is 0.486 e. The van der Waals surface area contributed by atoms with Gasteiger partial charge in [0.2, 0.25) is 5.91 Å². The third-order valence-corrected chi connectivity index (χ3v) is 6.13. The summed E-state index contributed by atoms with van der Waals surface area (Å²) >= 11 is 0. The van der Waals surface area contributed by atoms with Gasteiger partial charge in [0.05, 0.1) is 0 Å². The minimum atomic E-state index is -0.888. The van der Waals surface area contributed by atoms with E-state index in [1.807, 2.05) is 12.1 Å². The van der Waals surface area contributed by atoms with E-state index in [9.17, 15) is 14.7 Å². The Kier molecular flexibility index (Phi) is 4.72. The van der Waals surface area contributed by atoms with Crippen molar-refractivity contribution in [1.29, 1.82) is 0 Å². The van der Waals surface area contributed by atoms with Crippen molar-refractivity contribution in [2.45, 2.75) is 38.8 Å². The lowest BCUT2D eigenvalue weighted by molar-refractivity contribution is -0.147. The van der Waals surface area contributed by atoms with Crippen LogP contribution in [0.3, 0.4) is 0 Å². The van der Waals surface area contributed by atoms with Crippen molar-refractivity contribution in [3.63, 3.8) is 0 Å². The average molecular weight is 374 g/mol. The number of nitrogens with zero attached hydrogens (tertiary/aromatic N) is 2. The molecule has 7 nitrogen and oxygen atoms in total. The zero-order valence-corrected chi connectivity index (χ0v) is 15.6. The number of carboxylic acids is 1. The first-order valence-corrected chi connectivity index (χ1v) is 9.57. The number of piperidine rings is 1. The molecular weight excluding hydrogens is 348 g/mol. The van der Waals surface area contributed by atoms with Gasteiger partial charge in [-0.2, -0.15) is 0 Å². The number of benzene rings is 1. The second-order valence-electron chi connectivity index (χ2n) is 7.96. The van der Waals surface area contributed by atoms with Gasteiger partial charge in [0.1, 0.15) is 19.3 Å². The summed E-state index contributed by atoms with van der Waals surface area (Å²) in [6.07, 6.45) is 2.41. The van der Waals surface area contributed by atoms with Gasteiger partial charge in [-0.25, -0.2) is 4.79 Å². The van der Waals surface area contributed by atoms with E-state index < -0.39 is 12.0 Å². The highest BCUT2D eigenvalue weighted by Gasteiger charge is 2.49. The standard InChI is InChI=1S/C20H26N2O5/c1-14(23)22-13-20(11-16(22)19(24)25)4-6-21(7-5-20)12-15-2-3-17-18(10-15)27-9-8-26-17/h2-3,10,16H,4-9,11-13H2,1H3,(H,24,25). The SMILES string of the molecule is CC(=O)N1CC2(CCN(Cc3ccc4c(c3)OCCO4)CC2)CC1C(=O)O. The van der Waals surface area contributed by atoms with Crippen LogP contribution in [0.1, 0.15) is 31.7 Å². The van der Waals surface area contributed by atoms with Crippen LogP contribution in [0.5, 0.6) is 11.5 Å². The Hall–Kier alpha value is -2.28. The van der Waals surface area contributed by atoms with Crippen molar-refractivity contribution in [3.8, 4) is 11.5 Å². The number of carboxylic acid groups (broad SMARTS) is 1. The molecule has 146 valence electrons. The molecule has 0 bridgehead atoms. The Morgan fingerprint density at radius 1 is 1.19 bits per heavy atom. The van der Waals surface area contributed by atoms with Gasteiger partial charge in [0.15, 0.2) is 11.5 Å². The number of aliphatic carboxylic acids is 1. The Morgan fingerprint density at radius 2 is 1.89 bits per heavy atom. The van der Waals surface area contributed by atoms with Gasteiger partial charge in [-0.3, -0.25) is 9.69 Å². The number of carbonyl (C=O) groups excluding carboxylic acids is 1. The molecule has 1 atom stereocenters. The summed E-state index contributed by atoms with van der Waals surface area (Å²) in [7, 11) is 0. The van der Waals surface area contributed by atoms with Gasteiger partial charge in [-0.15, -0.1) is 0 Å². The van der Waals surface area contributed by atoms with Crippen molar-refractivity contribution >= 4 is 11.9 Å². The summed E-state index contributed by atoms with van der Waals surface area (Å²) < 4.78 is 11.2. The molecule has 3 aliphatic rings. The topological polar surface area (TPSA) is 79.3 Å². The molecule has 27 heavy (non-hydrogen) atoms. The third-order valence-electron chi connectivity index (χ3n) is 6.13. The van der Waals surface area contributed by atoms with Crippen LogP contribution in [-0.4, -0.2) is 65.7 Å². The summed E-state index contributed by atoms with van der Waals surface area (Å²) in [5.74, 6) is 0.584. The van der Waals surface area contributed by atoms with Crippen LogP contribution in [0.15, 0.2) is 18.2 Å². The van der Waals surface area contributed by atoms with Gasteiger partial charge < -0.3 is 19.5 Å². The molecule has 1 unspecified atom stereocenters. The highest BCUT2D eigenvalue weighted by atomic mass is 16.6. The van der Waals surface area contributed by atoms with Crippen LogP contribution < -0.4 is 9.47 Å². The first-order valence-electron chi connectivity index (χ1n) is 9.57. The maximum absolute atomic E-state index is 11.8. The predicted molar refractivity (Wildman–Crippen MR) is 97.8 cm³/mol. The second kappa shape index (κ2) is 7.03. The fraction of sp³-hybridized carbons (Fsp3) is 0.600. The maximum atomic E-state index is 11.8. The maximum Gasteiger partial charge on any atom is 0.326 e. The van der Waals surface area contributed by atoms with E-state index >= 15 is 0 Å². The minimum Gasteiger partial charge on any atom is -0.486 e. The normalized spacial score (nSPS) is 24.2. The summed E-state index contributed by atoms with van der Waals surface area (Å²) in [5, 5.41) is 9.46. The van der Waals surface area contributed by atoms with Crippen molar-refractivity contribution in [2.75, 3.05) is 32.8 Å². The van der Waals surface area contributed by atoms with Gasteiger partial charge in [0.25, 0.3) is 0 Å². The van der Waals surface area contributed by atoms with E-state index in [0.29, 0.717) is 26.2 Å². The molecule has 2 fully saturated rings. The van der Waals surface area contributed by atoms with Gasteiger partial charge in [-0.1, -0.05) is 6.07 Å². The molecule has 1 N–H and O–H groups in total. The molecule has 2 saturated heterocycles. The third kappa shape index (κ3) is 3.60. The predicted octanol–water partition coefficient (Wildman–Crippen LogP) is 1.75. The van der Waals surface area contributed by atoms with E-state index in [4.69, 9.17) is 9.47 Å². The lowest BCUT2D eigenvalue weighted by atomic mass is 9.76. The van der Waals surface area contributed by atoms with Gasteiger partial charge in [-0.05, 0) is 55.5 Å². The molecule has 0 aliphatic carbocycles. The Labute approximate surface area is 158 Å². The monoisotopic (exact) mass is 374 g/mol. The number of hydrogen-bond acceptors (Lipinski definition) is 5. The van der Waals surface area contributed by atoms with E-state index in [2.05, 4.69) is 11.0 Å². The fourth-order valence-electron chi connectivity index (χ4n) is 4.60. The van der Waals surface area contributed by atoms with Gasteiger partial charge >= 0.3 is 5.97 Å². The van der Waals surface area contributed by atoms with Gasteiger partial charge in [0, 0.05) is 20.0 Å². The zero-order chi connectivity index (χ0) is 19.0. The van der Waals surface area contributed by atoms with E-state index in [0.717, 1.165) is 44.0 Å². The Balaban J connectivity index is 1.38. The van der Waals surface area contributed by atoms with Crippen LogP contribution in [0, 0.1) is 5.41 Å². The number of carbonyl (C=O) groups is 2. The Morgan fingerprint density at radius 3 is 2.52 bits per heavy atom. The van der Waals surface area contributed by atoms with E-state index in [-0.39, 0.29) is 11.3 Å². The molecule has 1 aromatic carbocycles. The zero-order valence-electron chi connectivity index (χ0n) is 15.6. The molecule has 1 spiro atoms. The van der Waals surface area contributed by atoms with Crippen molar-refractivity contribution in [2.24, 2.45) is 5.41 Å². The number of amides is 1. The molecule has 0 saturated carbocycles. The highest BCUT2D eigenvalue weighted by molar-refractivity contribution is 5.83. The summed E-state index contributed by atoms with van der Waals surface area (Å²) in [6.45, 7) is 5.86. The lowest BCUT2D eigenvalue weighted by Gasteiger charge is -2.39. The summed E-state index contributed by atoms with van der Waals surface area (Å²) in [6, 6.07) is 5.42. The first kappa shape index (κ1) is 18.1. The van der Waals surface area contributed by atoms with E-state index in [1.54, 1.807) is 4.90 Å². The number of fused-ring (bicyclic) bond motifs is 1. The number of ether oxygens (including phenoxy) is 2. The quantitative estimate of drug-likeness (QED) is 0.868. The van der Waals surface area contributed by atoms with Crippen LogP contribution in [-0.2, 0) is 16.1 Å². The number of likely N-dealkylation sites (tertiary alicyclic amines) is 2. The van der Waals surface area contributed by atoms with Crippen LogP contribution in [0.2, 0.25) is 0 Å². The fourth-order valence-corrected chi connectivity index (χ4v) is 4.60. The molecule has 0 radical (unpaired) electrons. The average Bonchev–Trinajstić information content (AvgIpc) is 3.04. The van der Waals surface area contributed by atoms with Crippen molar-refractivity contribution in [1.82, 2.24) is 9.80 Å². The second-order valence-corrected chi connectivity index (χ2v) is 7.96. The smallest absolute Gasteiger partial charge is 0.326 e. The molecular formula is C20H26N2O5. The molecule has 3 heterocycles. The van der Waals surface area contributed by atoms with E-state index in [1.165, 1.54) is 12.5 Å². The molecule has 1 amide bonds. The van der Waals surface area contributed by atoms with Crippen LogP contribution in [0.25, 0.3) is 0 Å². The molecule has 7 heteroatoms. The molecule has 1 aromatic rings. The molecule has 0 aromatic heterocycles. The van der Waals surface area contributed by atoms with Crippen molar-refractivity contribution in [3.05, 3.63) is 23.8 Å². The minimum absolute atomic E-state index is 0.0575. The van der Waals surface area contributed by atoms with Crippen LogP contribution >= 0.6 is 0 Å². The first-order chi connectivity index (χ1) is 13.0.